The van der Waals surface area contributed by atoms with E-state index in [-0.39, 0.29) is 12.8 Å². The summed E-state index contributed by atoms with van der Waals surface area (Å²) in [5.41, 5.74) is 0. The summed E-state index contributed by atoms with van der Waals surface area (Å²) in [5.74, 6) is -1.21. The first-order chi connectivity index (χ1) is 9.93. The molecule has 0 fully saturated rings. The lowest BCUT2D eigenvalue weighted by molar-refractivity contribution is -0.142. The number of furan rings is 1. The Morgan fingerprint density at radius 3 is 2.62 bits per heavy atom. The second-order valence-electron chi connectivity index (χ2n) is 4.36. The lowest BCUT2D eigenvalue weighted by atomic mass is 10.1. The molecule has 1 aromatic rings. The molecular weight excluding hydrogens is 280 g/mol. The number of carboxylic acids is 1. The van der Waals surface area contributed by atoms with Gasteiger partial charge in [-0.05, 0) is 25.5 Å². The van der Waals surface area contributed by atoms with Crippen LogP contribution in [0.1, 0.15) is 31.6 Å². The van der Waals surface area contributed by atoms with E-state index in [1.807, 2.05) is 0 Å². The van der Waals surface area contributed by atoms with E-state index >= 15 is 0 Å². The van der Waals surface area contributed by atoms with Gasteiger partial charge in [-0.1, -0.05) is 0 Å². The molecule has 3 N–H and O–H groups in total. The van der Waals surface area contributed by atoms with Gasteiger partial charge < -0.3 is 24.9 Å². The standard InChI is InChI=1S/C13H18N2O6/c1-8(10-4-3-7-21-10)14-13(19)15-9(12(17)18)5-6-11(16)20-2/h3-4,7-9H,5-6H2,1-2H3,(H,17,18)(H2,14,15,19)/t8?,9-/m1/s1. The molecule has 116 valence electrons. The van der Waals surface area contributed by atoms with Crippen molar-refractivity contribution in [1.82, 2.24) is 10.6 Å². The quantitative estimate of drug-likeness (QED) is 0.647. The number of esters is 1. The maximum Gasteiger partial charge on any atom is 0.326 e. The van der Waals surface area contributed by atoms with E-state index in [2.05, 4.69) is 15.4 Å². The lowest BCUT2D eigenvalue weighted by Crippen LogP contribution is -2.46. The normalized spacial score (nSPS) is 13.0. The number of hydrogen-bond acceptors (Lipinski definition) is 5. The zero-order valence-electron chi connectivity index (χ0n) is 11.8. The predicted octanol–water partition coefficient (Wildman–Crippen LogP) is 1.05. The number of methoxy groups -OCH3 is 1. The molecule has 0 aliphatic rings. The van der Waals surface area contributed by atoms with Crippen LogP contribution in [0.25, 0.3) is 0 Å². The van der Waals surface area contributed by atoms with Gasteiger partial charge in [-0.25, -0.2) is 9.59 Å². The second kappa shape index (κ2) is 7.93. The first kappa shape index (κ1) is 16.5. The Bertz CT molecular complexity index is 485. The van der Waals surface area contributed by atoms with Gasteiger partial charge in [0.05, 0.1) is 19.4 Å². The summed E-state index contributed by atoms with van der Waals surface area (Å²) < 4.78 is 9.55. The molecule has 0 aromatic carbocycles. The van der Waals surface area contributed by atoms with Crippen LogP contribution >= 0.6 is 0 Å². The molecule has 0 spiro atoms. The summed E-state index contributed by atoms with van der Waals surface area (Å²) in [6, 6.07) is 1.14. The summed E-state index contributed by atoms with van der Waals surface area (Å²) >= 11 is 0. The number of aliphatic carboxylic acids is 1. The zero-order chi connectivity index (χ0) is 15.8. The van der Waals surface area contributed by atoms with E-state index in [1.165, 1.54) is 13.4 Å². The minimum absolute atomic E-state index is 0.0510. The molecule has 1 aromatic heterocycles. The molecule has 1 unspecified atom stereocenters. The molecule has 8 nitrogen and oxygen atoms in total. The van der Waals surface area contributed by atoms with Crippen molar-refractivity contribution in [3.63, 3.8) is 0 Å². The van der Waals surface area contributed by atoms with Crippen LogP contribution in [-0.2, 0) is 14.3 Å². The number of ether oxygens (including phenoxy) is 1. The number of carbonyl (C=O) groups is 3. The van der Waals surface area contributed by atoms with Gasteiger partial charge in [0.15, 0.2) is 0 Å². The van der Waals surface area contributed by atoms with Crippen molar-refractivity contribution >= 4 is 18.0 Å². The van der Waals surface area contributed by atoms with Gasteiger partial charge in [0.25, 0.3) is 0 Å². The SMILES string of the molecule is COC(=O)CC[C@@H](NC(=O)NC(C)c1ccco1)C(=O)O. The highest BCUT2D eigenvalue weighted by Crippen LogP contribution is 2.11. The Morgan fingerprint density at radius 1 is 1.38 bits per heavy atom. The van der Waals surface area contributed by atoms with E-state index in [9.17, 15) is 14.4 Å². The average molecular weight is 298 g/mol. The fourth-order valence-electron chi connectivity index (χ4n) is 1.63. The molecule has 0 aliphatic carbocycles. The maximum atomic E-state index is 11.7. The Hall–Kier alpha value is -2.51. The number of amides is 2. The highest BCUT2D eigenvalue weighted by Gasteiger charge is 2.22. The van der Waals surface area contributed by atoms with Gasteiger partial charge in [0.1, 0.15) is 11.8 Å². The maximum absolute atomic E-state index is 11.7. The Labute approximate surface area is 121 Å². The topological polar surface area (TPSA) is 118 Å². The second-order valence-corrected chi connectivity index (χ2v) is 4.36. The first-order valence-corrected chi connectivity index (χ1v) is 6.34. The zero-order valence-corrected chi connectivity index (χ0v) is 11.8. The van der Waals surface area contributed by atoms with Crippen molar-refractivity contribution in [1.29, 1.82) is 0 Å². The largest absolute Gasteiger partial charge is 0.480 e. The molecule has 1 rings (SSSR count). The molecule has 8 heteroatoms. The Balaban J connectivity index is 2.48. The predicted molar refractivity (Wildman–Crippen MR) is 71.5 cm³/mol. The Morgan fingerprint density at radius 2 is 2.10 bits per heavy atom. The molecule has 0 aliphatic heterocycles. The molecule has 0 radical (unpaired) electrons. The molecule has 21 heavy (non-hydrogen) atoms. The van der Waals surface area contributed by atoms with E-state index in [4.69, 9.17) is 9.52 Å². The summed E-state index contributed by atoms with van der Waals surface area (Å²) in [6.45, 7) is 1.70. The van der Waals surface area contributed by atoms with Crippen LogP contribution in [0.3, 0.4) is 0 Å². The third-order valence-electron chi connectivity index (χ3n) is 2.79. The molecular formula is C13H18N2O6. The summed E-state index contributed by atoms with van der Waals surface area (Å²) in [4.78, 5) is 33.8. The van der Waals surface area contributed by atoms with Gasteiger partial charge in [0.2, 0.25) is 0 Å². The number of carbonyl (C=O) groups excluding carboxylic acids is 2. The number of hydrogen-bond donors (Lipinski definition) is 3. The van der Waals surface area contributed by atoms with Gasteiger partial charge in [0, 0.05) is 6.42 Å². The number of carboxylic acid groups (broad SMARTS) is 1. The minimum atomic E-state index is -1.22. The van der Waals surface area contributed by atoms with Gasteiger partial charge >= 0.3 is 18.0 Å². The number of nitrogens with one attached hydrogen (secondary N) is 2. The molecule has 1 heterocycles. The van der Waals surface area contributed by atoms with Crippen LogP contribution in [0, 0.1) is 0 Å². The fraction of sp³-hybridized carbons (Fsp3) is 0.462. The fourth-order valence-corrected chi connectivity index (χ4v) is 1.63. The minimum Gasteiger partial charge on any atom is -0.480 e. The third kappa shape index (κ3) is 5.55. The van der Waals surface area contributed by atoms with Crippen LogP contribution in [0.5, 0.6) is 0 Å². The van der Waals surface area contributed by atoms with E-state index in [0.717, 1.165) is 0 Å². The van der Waals surface area contributed by atoms with Gasteiger partial charge in [-0.15, -0.1) is 0 Å². The third-order valence-corrected chi connectivity index (χ3v) is 2.79. The van der Waals surface area contributed by atoms with E-state index < -0.39 is 30.1 Å². The van der Waals surface area contributed by atoms with Crippen molar-refractivity contribution in [2.75, 3.05) is 7.11 Å². The van der Waals surface area contributed by atoms with Gasteiger partial charge in [-0.3, -0.25) is 4.79 Å². The molecule has 2 amide bonds. The number of urea groups is 1. The lowest BCUT2D eigenvalue weighted by Gasteiger charge is -2.17. The van der Waals surface area contributed by atoms with Crippen molar-refractivity contribution < 1.29 is 28.6 Å². The molecule has 2 atom stereocenters. The monoisotopic (exact) mass is 298 g/mol. The highest BCUT2D eigenvalue weighted by molar-refractivity contribution is 5.83. The summed E-state index contributed by atoms with van der Waals surface area (Å²) in [5, 5.41) is 13.8. The van der Waals surface area contributed by atoms with E-state index in [0.29, 0.717) is 5.76 Å². The number of rotatable bonds is 7. The molecule has 0 saturated carbocycles. The highest BCUT2D eigenvalue weighted by atomic mass is 16.5. The Kier molecular flexibility index (Phi) is 6.25. The smallest absolute Gasteiger partial charge is 0.326 e. The van der Waals surface area contributed by atoms with E-state index in [1.54, 1.807) is 19.1 Å². The summed E-state index contributed by atoms with van der Waals surface area (Å²) in [6.07, 6.45) is 1.33. The van der Waals surface area contributed by atoms with Crippen LogP contribution in [-0.4, -0.2) is 36.2 Å². The van der Waals surface area contributed by atoms with Crippen molar-refractivity contribution in [3.8, 4) is 0 Å². The summed E-state index contributed by atoms with van der Waals surface area (Å²) in [7, 11) is 1.21. The van der Waals surface area contributed by atoms with Crippen LogP contribution in [0.4, 0.5) is 4.79 Å². The van der Waals surface area contributed by atoms with Crippen LogP contribution < -0.4 is 10.6 Å². The van der Waals surface area contributed by atoms with Gasteiger partial charge in [-0.2, -0.15) is 0 Å². The molecule has 0 saturated heterocycles. The molecule has 0 bridgehead atoms. The van der Waals surface area contributed by atoms with Crippen molar-refractivity contribution in [2.45, 2.75) is 31.8 Å². The first-order valence-electron chi connectivity index (χ1n) is 6.34. The van der Waals surface area contributed by atoms with Crippen LogP contribution in [0.15, 0.2) is 22.8 Å². The van der Waals surface area contributed by atoms with Crippen molar-refractivity contribution in [2.24, 2.45) is 0 Å². The van der Waals surface area contributed by atoms with Crippen molar-refractivity contribution in [3.05, 3.63) is 24.2 Å². The average Bonchev–Trinajstić information content (AvgIpc) is 2.96. The van der Waals surface area contributed by atoms with Crippen LogP contribution in [0.2, 0.25) is 0 Å².